The van der Waals surface area contributed by atoms with Gasteiger partial charge in [0.15, 0.2) is 6.73 Å². The number of benzene rings is 1. The predicted octanol–water partition coefficient (Wildman–Crippen LogP) is 0.947. The van der Waals surface area contributed by atoms with Gasteiger partial charge in [-0.15, -0.1) is 0 Å². The van der Waals surface area contributed by atoms with Crippen LogP contribution in [0.1, 0.15) is 32.8 Å². The molecule has 3 atom stereocenters. The summed E-state index contributed by atoms with van der Waals surface area (Å²) in [7, 11) is 0. The van der Waals surface area contributed by atoms with Crippen LogP contribution in [0.3, 0.4) is 0 Å². The molecule has 0 saturated carbocycles. The molecule has 0 radical (unpaired) electrons. The van der Waals surface area contributed by atoms with Gasteiger partial charge in [0, 0.05) is 0 Å². The largest absolute Gasteiger partial charge is 0.442 e. The number of H-pyrrole nitrogens is 1. The average Bonchev–Trinajstić information content (AvgIpc) is 2.74. The third-order valence-electron chi connectivity index (χ3n) is 4.83. The number of carbonyl (C=O) groups excluding carboxylic acids is 2. The fourth-order valence-electron chi connectivity index (χ4n) is 3.11. The van der Waals surface area contributed by atoms with E-state index in [1.165, 1.54) is 0 Å². The number of aromatic nitrogens is 2. The molecule has 0 spiro atoms. The zero-order valence-corrected chi connectivity index (χ0v) is 18.2. The van der Waals surface area contributed by atoms with Crippen molar-refractivity contribution in [2.45, 2.75) is 52.5 Å². The zero-order valence-electron chi connectivity index (χ0n) is 18.2. The summed E-state index contributed by atoms with van der Waals surface area (Å²) in [4.78, 5) is 49.6. The molecule has 32 heavy (non-hydrogen) atoms. The first-order chi connectivity index (χ1) is 15.1. The number of amides is 1. The highest BCUT2D eigenvalue weighted by atomic mass is 19.1. The lowest BCUT2D eigenvalue weighted by atomic mass is 9.95. The lowest BCUT2D eigenvalue weighted by molar-refractivity contribution is -0.153. The Kier molecular flexibility index (Phi) is 8.89. The molecule has 0 aliphatic heterocycles. The maximum atomic E-state index is 13.4. The van der Waals surface area contributed by atoms with Gasteiger partial charge in [0.05, 0.1) is 6.20 Å². The normalized spacial score (nSPS) is 13.9. The monoisotopic (exact) mass is 449 g/mol. The Hall–Kier alpha value is -3.27. The van der Waals surface area contributed by atoms with E-state index >= 15 is 0 Å². The number of aliphatic hydroxyl groups excluding tert-OH is 1. The van der Waals surface area contributed by atoms with E-state index in [0.717, 1.165) is 5.56 Å². The van der Waals surface area contributed by atoms with E-state index < -0.39 is 53.7 Å². The molecule has 0 aliphatic carbocycles. The van der Waals surface area contributed by atoms with Gasteiger partial charge in [0.25, 0.3) is 5.56 Å². The fourth-order valence-corrected chi connectivity index (χ4v) is 3.11. The molecule has 0 unspecified atom stereocenters. The van der Waals surface area contributed by atoms with Crippen LogP contribution in [0.25, 0.3) is 0 Å². The smallest absolute Gasteiger partial charge is 0.331 e. The second-order valence-electron chi connectivity index (χ2n) is 8.10. The SMILES string of the molecule is CC(C)C[C@H](NC(=O)[C@@H](O)[C@H](C)Cc1ccccc1)C(=O)OCn1cc(F)c(=O)[nH]c1=O. The minimum Gasteiger partial charge on any atom is -0.442 e. The Bertz CT molecular complexity index is 1030. The van der Waals surface area contributed by atoms with Gasteiger partial charge in [0.2, 0.25) is 11.7 Å². The molecule has 0 bridgehead atoms. The molecule has 1 aromatic carbocycles. The van der Waals surface area contributed by atoms with Crippen molar-refractivity contribution in [1.29, 1.82) is 0 Å². The quantitative estimate of drug-likeness (QED) is 0.463. The number of hydrogen-bond acceptors (Lipinski definition) is 6. The first-order valence-corrected chi connectivity index (χ1v) is 10.3. The summed E-state index contributed by atoms with van der Waals surface area (Å²) in [5.74, 6) is -3.18. The van der Waals surface area contributed by atoms with E-state index in [1.807, 2.05) is 44.2 Å². The highest BCUT2D eigenvalue weighted by molar-refractivity contribution is 5.87. The Balaban J connectivity index is 2.02. The molecule has 10 heteroatoms. The molecular weight excluding hydrogens is 421 g/mol. The van der Waals surface area contributed by atoms with Crippen LogP contribution in [0, 0.1) is 17.7 Å². The molecule has 3 N–H and O–H groups in total. The third-order valence-corrected chi connectivity index (χ3v) is 4.83. The number of rotatable bonds is 10. The van der Waals surface area contributed by atoms with E-state index in [1.54, 1.807) is 11.9 Å². The van der Waals surface area contributed by atoms with Crippen molar-refractivity contribution in [1.82, 2.24) is 14.9 Å². The van der Waals surface area contributed by atoms with Gasteiger partial charge in [-0.3, -0.25) is 19.1 Å². The highest BCUT2D eigenvalue weighted by Crippen LogP contribution is 2.14. The second-order valence-corrected chi connectivity index (χ2v) is 8.10. The van der Waals surface area contributed by atoms with Crippen molar-refractivity contribution in [3.63, 3.8) is 0 Å². The first kappa shape index (κ1) is 25.0. The van der Waals surface area contributed by atoms with Crippen LogP contribution in [-0.2, 0) is 27.5 Å². The standard InChI is InChI=1S/C22H28FN3O6/c1-13(2)9-17(21(30)32-12-26-11-16(23)19(28)25-22(26)31)24-20(29)18(27)14(3)10-15-7-5-4-6-8-15/h4-8,11,13-14,17-18,27H,9-10,12H2,1-3H3,(H,24,29)(H,25,28,31)/t14-,17+,18+/m1/s1. The topological polar surface area (TPSA) is 130 Å². The lowest BCUT2D eigenvalue weighted by Crippen LogP contribution is -2.48. The van der Waals surface area contributed by atoms with E-state index in [9.17, 15) is 28.7 Å². The summed E-state index contributed by atoms with van der Waals surface area (Å²) in [5.41, 5.74) is -1.16. The van der Waals surface area contributed by atoms with Crippen molar-refractivity contribution < 1.29 is 23.8 Å². The van der Waals surface area contributed by atoms with Crippen LogP contribution in [0.4, 0.5) is 4.39 Å². The van der Waals surface area contributed by atoms with Crippen LogP contribution in [0.2, 0.25) is 0 Å². The summed E-state index contributed by atoms with van der Waals surface area (Å²) in [6.45, 7) is 4.75. The van der Waals surface area contributed by atoms with E-state index in [2.05, 4.69) is 5.32 Å². The maximum absolute atomic E-state index is 13.4. The number of nitrogens with zero attached hydrogens (tertiary/aromatic N) is 1. The molecule has 9 nitrogen and oxygen atoms in total. The minimum atomic E-state index is -1.35. The van der Waals surface area contributed by atoms with Gasteiger partial charge < -0.3 is 15.2 Å². The summed E-state index contributed by atoms with van der Waals surface area (Å²) < 4.78 is 19.1. The summed E-state index contributed by atoms with van der Waals surface area (Å²) in [6.07, 6.45) is -0.0395. The molecule has 1 aromatic heterocycles. The number of esters is 1. The molecule has 1 heterocycles. The lowest BCUT2D eigenvalue weighted by Gasteiger charge is -2.23. The molecule has 174 valence electrons. The molecule has 0 fully saturated rings. The number of nitrogens with one attached hydrogen (secondary N) is 2. The second kappa shape index (κ2) is 11.4. The van der Waals surface area contributed by atoms with Crippen LogP contribution < -0.4 is 16.6 Å². The number of ether oxygens (including phenoxy) is 1. The van der Waals surface area contributed by atoms with Gasteiger partial charge in [-0.1, -0.05) is 51.1 Å². The van der Waals surface area contributed by atoms with E-state index in [0.29, 0.717) is 17.2 Å². The molecule has 1 amide bonds. The summed E-state index contributed by atoms with van der Waals surface area (Å²) >= 11 is 0. The van der Waals surface area contributed by atoms with Crippen molar-refractivity contribution in [2.75, 3.05) is 0 Å². The van der Waals surface area contributed by atoms with Crippen LogP contribution in [0.5, 0.6) is 0 Å². The van der Waals surface area contributed by atoms with E-state index in [4.69, 9.17) is 4.74 Å². The van der Waals surface area contributed by atoms with Crippen molar-refractivity contribution in [3.05, 3.63) is 68.7 Å². The highest BCUT2D eigenvalue weighted by Gasteiger charge is 2.29. The van der Waals surface area contributed by atoms with Gasteiger partial charge in [-0.25, -0.2) is 9.59 Å². The summed E-state index contributed by atoms with van der Waals surface area (Å²) in [6, 6.07) is 8.30. The number of hydrogen-bond donors (Lipinski definition) is 3. The first-order valence-electron chi connectivity index (χ1n) is 10.3. The Labute approximate surface area is 184 Å². The van der Waals surface area contributed by atoms with Crippen LogP contribution in [0.15, 0.2) is 46.1 Å². The van der Waals surface area contributed by atoms with Gasteiger partial charge in [-0.05, 0) is 30.2 Å². The summed E-state index contributed by atoms with van der Waals surface area (Å²) in [5, 5.41) is 12.9. The van der Waals surface area contributed by atoms with Gasteiger partial charge >= 0.3 is 11.7 Å². The Morgan fingerprint density at radius 1 is 1.19 bits per heavy atom. The Morgan fingerprint density at radius 3 is 2.47 bits per heavy atom. The van der Waals surface area contributed by atoms with Crippen LogP contribution in [-0.4, -0.2) is 38.7 Å². The molecule has 2 rings (SSSR count). The maximum Gasteiger partial charge on any atom is 0.331 e. The third kappa shape index (κ3) is 7.16. The van der Waals surface area contributed by atoms with Crippen molar-refractivity contribution in [2.24, 2.45) is 11.8 Å². The fraction of sp³-hybridized carbons (Fsp3) is 0.455. The number of aromatic amines is 1. The zero-order chi connectivity index (χ0) is 23.8. The molecule has 2 aromatic rings. The van der Waals surface area contributed by atoms with Crippen LogP contribution >= 0.6 is 0 Å². The Morgan fingerprint density at radius 2 is 1.84 bits per heavy atom. The molecular formula is C22H28FN3O6. The molecule has 0 aliphatic rings. The molecule has 0 saturated heterocycles. The number of carbonyl (C=O) groups is 2. The number of aliphatic hydroxyl groups is 1. The van der Waals surface area contributed by atoms with Crippen molar-refractivity contribution in [3.8, 4) is 0 Å². The number of halogens is 1. The predicted molar refractivity (Wildman–Crippen MR) is 114 cm³/mol. The van der Waals surface area contributed by atoms with E-state index in [-0.39, 0.29) is 12.3 Å². The van der Waals surface area contributed by atoms with Crippen molar-refractivity contribution >= 4 is 11.9 Å². The minimum absolute atomic E-state index is 0.0000165. The van der Waals surface area contributed by atoms with Gasteiger partial charge in [0.1, 0.15) is 12.1 Å². The average molecular weight is 449 g/mol. The van der Waals surface area contributed by atoms with Gasteiger partial charge in [-0.2, -0.15) is 4.39 Å².